The molecule has 1 saturated carbocycles. The molecule has 0 spiro atoms. The SMILES string of the molecule is CCCC[N+]C1CCCC1. The van der Waals surface area contributed by atoms with E-state index in [9.17, 15) is 0 Å². The van der Waals surface area contributed by atoms with E-state index in [-0.39, 0.29) is 0 Å². The first-order chi connectivity index (χ1) is 4.93. The van der Waals surface area contributed by atoms with Crippen LogP contribution in [-0.4, -0.2) is 12.6 Å². The Balaban J connectivity index is 1.91. The molecule has 10 heavy (non-hydrogen) atoms. The lowest BCUT2D eigenvalue weighted by Crippen LogP contribution is -2.18. The van der Waals surface area contributed by atoms with Gasteiger partial charge in [-0.15, -0.1) is 0 Å². The van der Waals surface area contributed by atoms with Crippen LogP contribution in [0, 0.1) is 0 Å². The van der Waals surface area contributed by atoms with Crippen molar-refractivity contribution in [3.63, 3.8) is 0 Å². The molecule has 0 amide bonds. The molecule has 0 aromatic carbocycles. The van der Waals surface area contributed by atoms with Gasteiger partial charge in [-0.3, -0.25) is 0 Å². The van der Waals surface area contributed by atoms with Crippen LogP contribution in [0.2, 0.25) is 0 Å². The van der Waals surface area contributed by atoms with E-state index in [1.54, 1.807) is 0 Å². The van der Waals surface area contributed by atoms with Gasteiger partial charge in [-0.2, -0.15) is 0 Å². The van der Waals surface area contributed by atoms with Crippen LogP contribution in [0.5, 0.6) is 0 Å². The van der Waals surface area contributed by atoms with Crippen LogP contribution in [0.4, 0.5) is 0 Å². The lowest BCUT2D eigenvalue weighted by Gasteiger charge is -1.92. The highest BCUT2D eigenvalue weighted by Gasteiger charge is 2.24. The van der Waals surface area contributed by atoms with Crippen molar-refractivity contribution in [1.29, 1.82) is 0 Å². The molecule has 58 valence electrons. The number of unbranched alkanes of at least 4 members (excludes halogenated alkanes) is 1. The molecular formula is C9H18N+. The molecule has 0 aliphatic heterocycles. The van der Waals surface area contributed by atoms with Gasteiger partial charge >= 0.3 is 0 Å². The van der Waals surface area contributed by atoms with Gasteiger partial charge in [0.05, 0.1) is 5.32 Å². The minimum atomic E-state index is 0.742. The minimum Gasteiger partial charge on any atom is -0.0652 e. The highest BCUT2D eigenvalue weighted by Crippen LogP contribution is 2.18. The molecule has 1 nitrogen and oxygen atoms in total. The van der Waals surface area contributed by atoms with Crippen molar-refractivity contribution < 1.29 is 0 Å². The summed E-state index contributed by atoms with van der Waals surface area (Å²) in [7, 11) is 0. The summed E-state index contributed by atoms with van der Waals surface area (Å²) in [5, 5.41) is 4.61. The third-order valence-corrected chi connectivity index (χ3v) is 2.22. The lowest BCUT2D eigenvalue weighted by atomic mass is 10.2. The fourth-order valence-electron chi connectivity index (χ4n) is 1.52. The average molecular weight is 140 g/mol. The monoisotopic (exact) mass is 140 g/mol. The van der Waals surface area contributed by atoms with Crippen molar-refractivity contribution in [3.05, 3.63) is 0 Å². The zero-order chi connectivity index (χ0) is 7.23. The molecule has 1 aliphatic rings. The van der Waals surface area contributed by atoms with E-state index >= 15 is 0 Å². The van der Waals surface area contributed by atoms with Crippen molar-refractivity contribution in [1.82, 2.24) is 5.32 Å². The Kier molecular flexibility index (Phi) is 3.81. The first-order valence-electron chi connectivity index (χ1n) is 4.60. The standard InChI is InChI=1S/C9H18N/c1-2-3-8-10-9-6-4-5-7-9/h9H,2-8H2,1H3/q+1. The van der Waals surface area contributed by atoms with E-state index in [0.29, 0.717) is 0 Å². The first-order valence-corrected chi connectivity index (χ1v) is 4.60. The second-order valence-electron chi connectivity index (χ2n) is 3.20. The molecule has 1 rings (SSSR count). The highest BCUT2D eigenvalue weighted by atomic mass is 14.9. The fraction of sp³-hybridized carbons (Fsp3) is 1.00. The summed E-state index contributed by atoms with van der Waals surface area (Å²) >= 11 is 0. The molecular weight excluding hydrogens is 122 g/mol. The van der Waals surface area contributed by atoms with Gasteiger partial charge in [0.1, 0.15) is 0 Å². The molecule has 0 saturated heterocycles. The lowest BCUT2D eigenvalue weighted by molar-refractivity contribution is 0.502. The Morgan fingerprint density at radius 2 is 2.00 bits per heavy atom. The van der Waals surface area contributed by atoms with Gasteiger partial charge in [0, 0.05) is 19.3 Å². The second kappa shape index (κ2) is 4.73. The van der Waals surface area contributed by atoms with E-state index in [0.717, 1.165) is 12.6 Å². The zero-order valence-corrected chi connectivity index (χ0v) is 6.97. The summed E-state index contributed by atoms with van der Waals surface area (Å²) in [6.07, 6.45) is 8.14. The summed E-state index contributed by atoms with van der Waals surface area (Å²) in [4.78, 5) is 0. The maximum Gasteiger partial charge on any atom is 0.193 e. The molecule has 1 aliphatic carbocycles. The van der Waals surface area contributed by atoms with Crippen molar-refractivity contribution >= 4 is 0 Å². The number of rotatable bonds is 4. The molecule has 0 unspecified atom stereocenters. The van der Waals surface area contributed by atoms with Crippen LogP contribution in [0.15, 0.2) is 0 Å². The van der Waals surface area contributed by atoms with E-state index in [4.69, 9.17) is 0 Å². The normalized spacial score (nSPS) is 20.1. The first kappa shape index (κ1) is 8.06. The number of hydrogen-bond donors (Lipinski definition) is 0. The van der Waals surface area contributed by atoms with Crippen LogP contribution in [0.25, 0.3) is 0 Å². The van der Waals surface area contributed by atoms with Gasteiger partial charge in [0.15, 0.2) is 12.6 Å². The van der Waals surface area contributed by atoms with Gasteiger partial charge < -0.3 is 0 Å². The topological polar surface area (TPSA) is 14.1 Å². The van der Waals surface area contributed by atoms with E-state index < -0.39 is 0 Å². The third-order valence-electron chi connectivity index (χ3n) is 2.22. The molecule has 2 radical (unpaired) electrons. The second-order valence-corrected chi connectivity index (χ2v) is 3.20. The Morgan fingerprint density at radius 3 is 2.60 bits per heavy atom. The smallest absolute Gasteiger partial charge is 0.0652 e. The summed E-state index contributed by atoms with van der Waals surface area (Å²) in [5.74, 6) is 0. The third kappa shape index (κ3) is 2.70. The summed E-state index contributed by atoms with van der Waals surface area (Å²) in [5.41, 5.74) is 0. The molecule has 0 bridgehead atoms. The average Bonchev–Trinajstić information content (AvgIpc) is 2.41. The summed E-state index contributed by atoms with van der Waals surface area (Å²) < 4.78 is 0. The Hall–Kier alpha value is -0.0400. The van der Waals surface area contributed by atoms with Crippen LogP contribution in [0.3, 0.4) is 0 Å². The van der Waals surface area contributed by atoms with Gasteiger partial charge in [0.25, 0.3) is 0 Å². The van der Waals surface area contributed by atoms with Crippen LogP contribution < -0.4 is 5.32 Å². The van der Waals surface area contributed by atoms with Gasteiger partial charge in [0.2, 0.25) is 0 Å². The quantitative estimate of drug-likeness (QED) is 0.532. The number of hydrogen-bond acceptors (Lipinski definition) is 0. The molecule has 0 aromatic rings. The van der Waals surface area contributed by atoms with Crippen molar-refractivity contribution in [2.75, 3.05) is 6.54 Å². The summed E-state index contributed by atoms with van der Waals surface area (Å²) in [6, 6.07) is 0.742. The largest absolute Gasteiger partial charge is 0.193 e. The van der Waals surface area contributed by atoms with Crippen molar-refractivity contribution in [3.8, 4) is 0 Å². The molecule has 0 aromatic heterocycles. The predicted molar refractivity (Wildman–Crippen MR) is 44.2 cm³/mol. The number of nitrogens with zero attached hydrogens (tertiary/aromatic N) is 1. The molecule has 0 heterocycles. The molecule has 1 heteroatoms. The maximum atomic E-state index is 4.61. The van der Waals surface area contributed by atoms with Crippen LogP contribution in [0.1, 0.15) is 45.4 Å². The van der Waals surface area contributed by atoms with Gasteiger partial charge in [-0.05, 0) is 12.8 Å². The van der Waals surface area contributed by atoms with E-state index in [1.165, 1.54) is 38.5 Å². The Morgan fingerprint density at radius 1 is 1.30 bits per heavy atom. The van der Waals surface area contributed by atoms with Gasteiger partial charge in [-0.1, -0.05) is 13.3 Å². The Bertz CT molecular complexity index is 74.8. The highest BCUT2D eigenvalue weighted by molar-refractivity contribution is 4.72. The fourth-order valence-corrected chi connectivity index (χ4v) is 1.52. The van der Waals surface area contributed by atoms with Crippen molar-refractivity contribution in [2.45, 2.75) is 51.5 Å². The Labute approximate surface area is 64.2 Å². The van der Waals surface area contributed by atoms with Crippen LogP contribution >= 0.6 is 0 Å². The maximum absolute atomic E-state index is 4.61. The van der Waals surface area contributed by atoms with Crippen molar-refractivity contribution in [2.24, 2.45) is 0 Å². The minimum absolute atomic E-state index is 0.742. The predicted octanol–water partition coefficient (Wildman–Crippen LogP) is 2.33. The molecule has 1 fully saturated rings. The summed E-state index contributed by atoms with van der Waals surface area (Å²) in [6.45, 7) is 3.34. The zero-order valence-electron chi connectivity index (χ0n) is 6.97. The van der Waals surface area contributed by atoms with Crippen LogP contribution in [-0.2, 0) is 0 Å². The van der Waals surface area contributed by atoms with E-state index in [2.05, 4.69) is 12.2 Å². The van der Waals surface area contributed by atoms with E-state index in [1.807, 2.05) is 0 Å². The van der Waals surface area contributed by atoms with Gasteiger partial charge in [-0.25, -0.2) is 0 Å². The molecule has 0 N–H and O–H groups in total. The molecule has 0 atom stereocenters.